The third-order valence-corrected chi connectivity index (χ3v) is 8.60. The van der Waals surface area contributed by atoms with Crippen LogP contribution in [0.5, 0.6) is 0 Å². The van der Waals surface area contributed by atoms with Crippen molar-refractivity contribution in [1.82, 2.24) is 19.4 Å². The highest BCUT2D eigenvalue weighted by molar-refractivity contribution is 7.92. The van der Waals surface area contributed by atoms with Crippen LogP contribution < -0.4 is 14.5 Å². The van der Waals surface area contributed by atoms with E-state index in [2.05, 4.69) is 46.3 Å². The lowest BCUT2D eigenvalue weighted by molar-refractivity contribution is 0.249. The highest BCUT2D eigenvalue weighted by Gasteiger charge is 2.21. The Labute approximate surface area is 228 Å². The van der Waals surface area contributed by atoms with E-state index in [1.54, 1.807) is 6.20 Å². The molecule has 0 atom stereocenters. The highest BCUT2D eigenvalue weighted by atomic mass is 32.2. The zero-order valence-electron chi connectivity index (χ0n) is 22.7. The number of fused-ring (bicyclic) bond motifs is 1. The molecule has 9 nitrogen and oxygen atoms in total. The van der Waals surface area contributed by atoms with E-state index in [1.807, 2.05) is 29.0 Å². The Kier molecular flexibility index (Phi) is 7.46. The molecular weight excluding hydrogens is 517 g/mol. The van der Waals surface area contributed by atoms with Crippen molar-refractivity contribution >= 4 is 44.1 Å². The van der Waals surface area contributed by atoms with Gasteiger partial charge in [-0.15, -0.1) is 0 Å². The van der Waals surface area contributed by atoms with Crippen molar-refractivity contribution in [3.63, 3.8) is 0 Å². The van der Waals surface area contributed by atoms with Crippen molar-refractivity contribution < 1.29 is 12.8 Å². The van der Waals surface area contributed by atoms with E-state index in [4.69, 9.17) is 4.98 Å². The van der Waals surface area contributed by atoms with Gasteiger partial charge in [0.1, 0.15) is 11.5 Å². The molecule has 1 saturated heterocycles. The fraction of sp³-hybridized carbons (Fsp3) is 0.357. The summed E-state index contributed by atoms with van der Waals surface area (Å²) < 4.78 is 41.4. The van der Waals surface area contributed by atoms with E-state index in [0.717, 1.165) is 47.6 Å². The summed E-state index contributed by atoms with van der Waals surface area (Å²) >= 11 is 0. The first-order chi connectivity index (χ1) is 18.6. The average Bonchev–Trinajstić information content (AvgIpc) is 3.30. The second kappa shape index (κ2) is 10.8. The van der Waals surface area contributed by atoms with Gasteiger partial charge in [0.05, 0.1) is 18.5 Å². The summed E-state index contributed by atoms with van der Waals surface area (Å²) in [6, 6.07) is 14.9. The monoisotopic (exact) mass is 551 g/mol. The van der Waals surface area contributed by atoms with Gasteiger partial charge in [-0.05, 0) is 81.0 Å². The lowest BCUT2D eigenvalue weighted by Crippen LogP contribution is -2.41. The number of benzene rings is 2. The molecule has 0 saturated carbocycles. The van der Waals surface area contributed by atoms with Gasteiger partial charge in [-0.2, -0.15) is 4.98 Å². The summed E-state index contributed by atoms with van der Waals surface area (Å²) in [7, 11) is 2.24. The number of aromatic nitrogens is 3. The van der Waals surface area contributed by atoms with Crippen molar-refractivity contribution in [1.29, 1.82) is 0 Å². The zero-order chi connectivity index (χ0) is 27.7. The van der Waals surface area contributed by atoms with Crippen molar-refractivity contribution in [3.8, 4) is 0 Å². The zero-order valence-corrected chi connectivity index (χ0v) is 23.5. The van der Waals surface area contributed by atoms with E-state index in [-0.39, 0.29) is 6.54 Å². The summed E-state index contributed by atoms with van der Waals surface area (Å²) in [6.07, 6.45) is 7.01. The SMILES string of the molecule is CN(C)C1CCN(c2ccc(Nc3ncc4ccn(Cc5cc(F)ccc5N(C)S(C)(=O)=O)c4n3)cc2)CC1. The number of sulfonamides is 1. The van der Waals surface area contributed by atoms with Crippen molar-refractivity contribution in [2.75, 3.05) is 55.0 Å². The van der Waals surface area contributed by atoms with E-state index < -0.39 is 15.8 Å². The van der Waals surface area contributed by atoms with Gasteiger partial charge in [0.15, 0.2) is 0 Å². The molecule has 1 fully saturated rings. The topological polar surface area (TPSA) is 86.6 Å². The summed E-state index contributed by atoms with van der Waals surface area (Å²) in [5, 5.41) is 4.10. The van der Waals surface area contributed by atoms with E-state index in [0.29, 0.717) is 28.9 Å². The van der Waals surface area contributed by atoms with Gasteiger partial charge in [0, 0.05) is 55.3 Å². The van der Waals surface area contributed by atoms with Crippen LogP contribution >= 0.6 is 0 Å². The van der Waals surface area contributed by atoms with Crippen LogP contribution in [0.4, 0.5) is 27.4 Å². The molecule has 2 aromatic carbocycles. The fourth-order valence-corrected chi connectivity index (χ4v) is 5.57. The Morgan fingerprint density at radius 2 is 1.77 bits per heavy atom. The maximum Gasteiger partial charge on any atom is 0.232 e. The molecule has 3 heterocycles. The first-order valence-electron chi connectivity index (χ1n) is 12.9. The predicted molar refractivity (Wildman–Crippen MR) is 155 cm³/mol. The predicted octanol–water partition coefficient (Wildman–Crippen LogP) is 4.29. The molecule has 0 unspecified atom stereocenters. The number of rotatable bonds is 8. The van der Waals surface area contributed by atoms with Gasteiger partial charge in [-0.3, -0.25) is 4.31 Å². The van der Waals surface area contributed by atoms with Gasteiger partial charge in [-0.25, -0.2) is 17.8 Å². The van der Waals surface area contributed by atoms with Gasteiger partial charge >= 0.3 is 0 Å². The first kappa shape index (κ1) is 26.9. The smallest absolute Gasteiger partial charge is 0.232 e. The van der Waals surface area contributed by atoms with Crippen LogP contribution in [-0.2, 0) is 16.6 Å². The van der Waals surface area contributed by atoms with Crippen LogP contribution in [-0.4, -0.2) is 74.4 Å². The molecule has 0 amide bonds. The molecule has 4 aromatic rings. The maximum atomic E-state index is 14.1. The second-order valence-electron chi connectivity index (χ2n) is 10.3. The number of nitrogens with one attached hydrogen (secondary N) is 1. The van der Waals surface area contributed by atoms with Gasteiger partial charge < -0.3 is 19.7 Å². The standard InChI is InChI=1S/C28H34FN7O2S/c1-33(2)24-12-15-35(16-13-24)25-8-6-23(7-9-25)31-28-30-18-20-11-14-36(27(20)32-28)19-21-17-22(29)5-10-26(21)34(3)39(4,37)38/h5-11,14,17-18,24H,12-13,15-16,19H2,1-4H3,(H,30,31,32). The van der Waals surface area contributed by atoms with Crippen LogP contribution in [0.2, 0.25) is 0 Å². The van der Waals surface area contributed by atoms with Crippen LogP contribution in [0.15, 0.2) is 60.9 Å². The molecule has 1 aliphatic rings. The van der Waals surface area contributed by atoms with Crippen LogP contribution in [0, 0.1) is 5.82 Å². The molecule has 2 aromatic heterocycles. The molecule has 0 aliphatic carbocycles. The van der Waals surface area contributed by atoms with Crippen LogP contribution in [0.3, 0.4) is 0 Å². The molecule has 1 N–H and O–H groups in total. The van der Waals surface area contributed by atoms with Crippen molar-refractivity contribution in [2.45, 2.75) is 25.4 Å². The Morgan fingerprint density at radius 3 is 2.44 bits per heavy atom. The van der Waals surface area contributed by atoms with Crippen LogP contribution in [0.1, 0.15) is 18.4 Å². The molecule has 0 spiro atoms. The van der Waals surface area contributed by atoms with Gasteiger partial charge in [0.2, 0.25) is 16.0 Å². The summed E-state index contributed by atoms with van der Waals surface area (Å²) in [5.74, 6) is 0.00401. The normalized spacial score (nSPS) is 14.8. The number of piperidine rings is 1. The maximum absolute atomic E-state index is 14.1. The Hall–Kier alpha value is -3.70. The minimum absolute atomic E-state index is 0.242. The molecule has 11 heteroatoms. The highest BCUT2D eigenvalue weighted by Crippen LogP contribution is 2.27. The Bertz CT molecular complexity index is 1560. The number of nitrogens with zero attached hydrogens (tertiary/aromatic N) is 6. The van der Waals surface area contributed by atoms with E-state index in [9.17, 15) is 12.8 Å². The quantitative estimate of drug-likeness (QED) is 0.350. The first-order valence-corrected chi connectivity index (χ1v) is 14.8. The van der Waals surface area contributed by atoms with Gasteiger partial charge in [0.25, 0.3) is 0 Å². The molecule has 5 rings (SSSR count). The Balaban J connectivity index is 1.33. The Morgan fingerprint density at radius 1 is 1.05 bits per heavy atom. The van der Waals surface area contributed by atoms with Crippen LogP contribution in [0.25, 0.3) is 11.0 Å². The van der Waals surface area contributed by atoms with E-state index >= 15 is 0 Å². The second-order valence-corrected chi connectivity index (χ2v) is 12.3. The number of halogens is 1. The molecule has 0 radical (unpaired) electrons. The summed E-state index contributed by atoms with van der Waals surface area (Å²) in [5.41, 5.74) is 3.68. The van der Waals surface area contributed by atoms with Crippen molar-refractivity contribution in [3.05, 3.63) is 72.3 Å². The molecular formula is C28H34FN7O2S. The number of anilines is 4. The van der Waals surface area contributed by atoms with Crippen molar-refractivity contribution in [2.24, 2.45) is 0 Å². The largest absolute Gasteiger partial charge is 0.371 e. The lowest BCUT2D eigenvalue weighted by atomic mass is 10.0. The van der Waals surface area contributed by atoms with Gasteiger partial charge in [-0.1, -0.05) is 0 Å². The molecule has 0 bridgehead atoms. The number of hydrogen-bond donors (Lipinski definition) is 1. The third kappa shape index (κ3) is 5.99. The minimum Gasteiger partial charge on any atom is -0.371 e. The lowest BCUT2D eigenvalue weighted by Gasteiger charge is -2.36. The summed E-state index contributed by atoms with van der Waals surface area (Å²) in [6.45, 7) is 2.32. The average molecular weight is 552 g/mol. The fourth-order valence-electron chi connectivity index (χ4n) is 5.03. The molecule has 1 aliphatic heterocycles. The molecule has 206 valence electrons. The summed E-state index contributed by atoms with van der Waals surface area (Å²) in [4.78, 5) is 13.9. The molecule has 39 heavy (non-hydrogen) atoms. The third-order valence-electron chi connectivity index (χ3n) is 7.40. The minimum atomic E-state index is -3.51. The number of hydrogen-bond acceptors (Lipinski definition) is 7. The van der Waals surface area contributed by atoms with E-state index in [1.165, 1.54) is 30.9 Å².